The van der Waals surface area contributed by atoms with Crippen LogP contribution in [0.5, 0.6) is 0 Å². The molecule has 1 unspecified atom stereocenters. The predicted octanol–water partition coefficient (Wildman–Crippen LogP) is 2.09. The van der Waals surface area contributed by atoms with E-state index in [1.165, 1.54) is 25.8 Å². The van der Waals surface area contributed by atoms with Crippen LogP contribution in [0.1, 0.15) is 29.6 Å². The van der Waals surface area contributed by atoms with E-state index < -0.39 is 0 Å². The zero-order valence-electron chi connectivity index (χ0n) is 12.3. The summed E-state index contributed by atoms with van der Waals surface area (Å²) in [5.41, 5.74) is 0.614. The lowest BCUT2D eigenvalue weighted by molar-refractivity contribution is 0.0372. The molecule has 0 bridgehead atoms. The molecule has 2 aliphatic rings. The number of hydrogen-bond acceptors (Lipinski definition) is 4. The van der Waals surface area contributed by atoms with Gasteiger partial charge in [-0.05, 0) is 31.5 Å². The van der Waals surface area contributed by atoms with Crippen molar-refractivity contribution in [1.82, 2.24) is 14.8 Å². The van der Waals surface area contributed by atoms with E-state index in [2.05, 4.69) is 15.2 Å². The van der Waals surface area contributed by atoms with Crippen LogP contribution in [-0.4, -0.2) is 60.0 Å². The van der Waals surface area contributed by atoms with Gasteiger partial charge in [0.05, 0.1) is 0 Å². The lowest BCUT2D eigenvalue weighted by Gasteiger charge is -2.44. The molecule has 6 heteroatoms. The largest absolute Gasteiger partial charge is 0.373 e. The van der Waals surface area contributed by atoms with Crippen LogP contribution in [0.25, 0.3) is 0 Å². The first-order chi connectivity index (χ1) is 10.2. The molecule has 1 aromatic heterocycles. The van der Waals surface area contributed by atoms with Crippen LogP contribution in [0, 0.1) is 0 Å². The van der Waals surface area contributed by atoms with E-state index in [9.17, 15) is 4.79 Å². The molecular formula is C15H21ClN4O. The zero-order valence-corrected chi connectivity index (χ0v) is 13.1. The van der Waals surface area contributed by atoms with Crippen molar-refractivity contribution in [1.29, 1.82) is 0 Å². The Bertz CT molecular complexity index is 536. The van der Waals surface area contributed by atoms with Crippen molar-refractivity contribution in [3.63, 3.8) is 0 Å². The van der Waals surface area contributed by atoms with E-state index in [1.54, 1.807) is 19.2 Å². The number of rotatable bonds is 2. The maximum Gasteiger partial charge on any atom is 0.254 e. The third kappa shape index (κ3) is 3.14. The van der Waals surface area contributed by atoms with Gasteiger partial charge in [0.1, 0.15) is 11.0 Å². The molecular weight excluding hydrogens is 288 g/mol. The number of fused-ring (bicyclic) bond motifs is 1. The quantitative estimate of drug-likeness (QED) is 0.850. The SMILES string of the molecule is CNc1cc(C(=O)N2CCN3CCCCC3C2)cc(Cl)n1. The maximum absolute atomic E-state index is 12.7. The number of amides is 1. The molecule has 2 saturated heterocycles. The number of aromatic nitrogens is 1. The van der Waals surface area contributed by atoms with E-state index in [1.807, 2.05) is 4.90 Å². The molecule has 3 heterocycles. The van der Waals surface area contributed by atoms with Gasteiger partial charge in [0, 0.05) is 38.3 Å². The van der Waals surface area contributed by atoms with Crippen molar-refractivity contribution >= 4 is 23.3 Å². The average Bonchev–Trinajstić information content (AvgIpc) is 2.53. The van der Waals surface area contributed by atoms with E-state index in [0.717, 1.165) is 19.6 Å². The molecule has 2 aliphatic heterocycles. The summed E-state index contributed by atoms with van der Waals surface area (Å²) >= 11 is 5.99. The van der Waals surface area contributed by atoms with Crippen LogP contribution in [0.2, 0.25) is 5.15 Å². The maximum atomic E-state index is 12.7. The molecule has 0 aromatic carbocycles. The first kappa shape index (κ1) is 14.6. The number of piperazine rings is 1. The number of anilines is 1. The minimum absolute atomic E-state index is 0.0565. The molecule has 0 saturated carbocycles. The smallest absolute Gasteiger partial charge is 0.254 e. The standard InChI is InChI=1S/C15H21ClN4O/c1-17-14-9-11(8-13(16)18-14)15(21)20-7-6-19-5-3-2-4-12(19)10-20/h8-9,12H,2-7,10H2,1H3,(H,17,18). The van der Waals surface area contributed by atoms with Crippen LogP contribution in [0.4, 0.5) is 5.82 Å². The molecule has 114 valence electrons. The Morgan fingerprint density at radius 2 is 2.19 bits per heavy atom. The molecule has 5 nitrogen and oxygen atoms in total. The Morgan fingerprint density at radius 1 is 1.33 bits per heavy atom. The number of nitrogens with one attached hydrogen (secondary N) is 1. The third-order valence-electron chi connectivity index (χ3n) is 4.42. The number of carbonyl (C=O) groups excluding carboxylic acids is 1. The first-order valence-corrected chi connectivity index (χ1v) is 7.94. The minimum atomic E-state index is 0.0565. The van der Waals surface area contributed by atoms with Gasteiger partial charge >= 0.3 is 0 Å². The molecule has 0 aliphatic carbocycles. The molecule has 1 N–H and O–H groups in total. The van der Waals surface area contributed by atoms with Crippen molar-refractivity contribution in [2.45, 2.75) is 25.3 Å². The van der Waals surface area contributed by atoms with Crippen molar-refractivity contribution in [3.05, 3.63) is 22.8 Å². The molecule has 1 aromatic rings. The van der Waals surface area contributed by atoms with Crippen molar-refractivity contribution in [2.75, 3.05) is 38.5 Å². The van der Waals surface area contributed by atoms with Gasteiger partial charge in [-0.1, -0.05) is 18.0 Å². The molecule has 21 heavy (non-hydrogen) atoms. The van der Waals surface area contributed by atoms with E-state index in [0.29, 0.717) is 22.6 Å². The van der Waals surface area contributed by atoms with Gasteiger partial charge in [-0.25, -0.2) is 4.98 Å². The highest BCUT2D eigenvalue weighted by atomic mass is 35.5. The van der Waals surface area contributed by atoms with Gasteiger partial charge < -0.3 is 10.2 Å². The van der Waals surface area contributed by atoms with E-state index in [-0.39, 0.29) is 5.91 Å². The Labute approximate surface area is 130 Å². The van der Waals surface area contributed by atoms with Gasteiger partial charge in [-0.3, -0.25) is 9.69 Å². The monoisotopic (exact) mass is 308 g/mol. The van der Waals surface area contributed by atoms with Crippen molar-refractivity contribution in [2.24, 2.45) is 0 Å². The number of pyridine rings is 1. The lowest BCUT2D eigenvalue weighted by Crippen LogP contribution is -2.56. The third-order valence-corrected chi connectivity index (χ3v) is 4.62. The number of halogens is 1. The summed E-state index contributed by atoms with van der Waals surface area (Å²) in [6.45, 7) is 3.78. The molecule has 0 spiro atoms. The molecule has 0 radical (unpaired) electrons. The van der Waals surface area contributed by atoms with Crippen LogP contribution in [-0.2, 0) is 0 Å². The normalized spacial score (nSPS) is 22.8. The molecule has 1 atom stereocenters. The highest BCUT2D eigenvalue weighted by molar-refractivity contribution is 6.29. The van der Waals surface area contributed by atoms with Crippen LogP contribution in [0.3, 0.4) is 0 Å². The Balaban J connectivity index is 1.74. The average molecular weight is 309 g/mol. The Kier molecular flexibility index (Phi) is 4.31. The summed E-state index contributed by atoms with van der Waals surface area (Å²) in [6, 6.07) is 3.94. The number of hydrogen-bond donors (Lipinski definition) is 1. The topological polar surface area (TPSA) is 48.5 Å². The minimum Gasteiger partial charge on any atom is -0.373 e. The fourth-order valence-electron chi connectivity index (χ4n) is 3.27. The molecule has 2 fully saturated rings. The molecule has 1 amide bonds. The van der Waals surface area contributed by atoms with Crippen molar-refractivity contribution < 1.29 is 4.79 Å². The van der Waals surface area contributed by atoms with Crippen LogP contribution >= 0.6 is 11.6 Å². The highest BCUT2D eigenvalue weighted by Gasteiger charge is 2.31. The predicted molar refractivity (Wildman–Crippen MR) is 83.9 cm³/mol. The summed E-state index contributed by atoms with van der Waals surface area (Å²) in [7, 11) is 1.77. The summed E-state index contributed by atoms with van der Waals surface area (Å²) in [4.78, 5) is 21.3. The summed E-state index contributed by atoms with van der Waals surface area (Å²) in [5.74, 6) is 0.683. The fourth-order valence-corrected chi connectivity index (χ4v) is 3.48. The second kappa shape index (κ2) is 6.20. The lowest BCUT2D eigenvalue weighted by atomic mass is 9.99. The summed E-state index contributed by atoms with van der Waals surface area (Å²) in [5, 5.41) is 3.29. The number of carbonyl (C=O) groups is 1. The van der Waals surface area contributed by atoms with E-state index >= 15 is 0 Å². The van der Waals surface area contributed by atoms with Crippen molar-refractivity contribution in [3.8, 4) is 0 Å². The number of nitrogens with zero attached hydrogens (tertiary/aromatic N) is 3. The highest BCUT2D eigenvalue weighted by Crippen LogP contribution is 2.23. The summed E-state index contributed by atoms with van der Waals surface area (Å²) in [6.07, 6.45) is 3.76. The van der Waals surface area contributed by atoms with Gasteiger partial charge in [-0.15, -0.1) is 0 Å². The van der Waals surface area contributed by atoms with Gasteiger partial charge in [0.2, 0.25) is 0 Å². The second-order valence-electron chi connectivity index (χ2n) is 5.75. The van der Waals surface area contributed by atoms with E-state index in [4.69, 9.17) is 11.6 Å². The zero-order chi connectivity index (χ0) is 14.8. The molecule has 3 rings (SSSR count). The Hall–Kier alpha value is -1.33. The Morgan fingerprint density at radius 3 is 3.00 bits per heavy atom. The second-order valence-corrected chi connectivity index (χ2v) is 6.14. The first-order valence-electron chi connectivity index (χ1n) is 7.56. The summed E-state index contributed by atoms with van der Waals surface area (Å²) < 4.78 is 0. The van der Waals surface area contributed by atoms with Crippen LogP contribution in [0.15, 0.2) is 12.1 Å². The number of piperidine rings is 1. The van der Waals surface area contributed by atoms with Gasteiger partial charge in [0.25, 0.3) is 5.91 Å². The van der Waals surface area contributed by atoms with Gasteiger partial charge in [0.15, 0.2) is 0 Å². The van der Waals surface area contributed by atoms with Gasteiger partial charge in [-0.2, -0.15) is 0 Å². The fraction of sp³-hybridized carbons (Fsp3) is 0.600. The van der Waals surface area contributed by atoms with Crippen LogP contribution < -0.4 is 5.32 Å².